The van der Waals surface area contributed by atoms with E-state index in [1.54, 1.807) is 38.1 Å². The minimum atomic E-state index is -3.69. The molecule has 2 rings (SSSR count). The Bertz CT molecular complexity index is 844. The van der Waals surface area contributed by atoms with Crippen LogP contribution >= 0.6 is 0 Å². The maximum Gasteiger partial charge on any atom is 0.203 e. The largest absolute Gasteiger partial charge is 0.497 e. The lowest BCUT2D eigenvalue weighted by Crippen LogP contribution is -2.29. The molecule has 0 heterocycles. The molecule has 2 aromatic rings. The lowest BCUT2D eigenvalue weighted by atomic mass is 10.0. The van der Waals surface area contributed by atoms with Gasteiger partial charge in [-0.3, -0.25) is 0 Å². The first kappa shape index (κ1) is 19.9. The Labute approximate surface area is 154 Å². The zero-order chi connectivity index (χ0) is 19.5. The number of benzene rings is 2. The Hall–Kier alpha value is -2.41. The summed E-state index contributed by atoms with van der Waals surface area (Å²) in [5.41, 5.74) is 0.530. The van der Waals surface area contributed by atoms with E-state index in [-0.39, 0.29) is 4.90 Å². The van der Waals surface area contributed by atoms with Crippen molar-refractivity contribution in [3.05, 3.63) is 42.0 Å². The zero-order valence-corrected chi connectivity index (χ0v) is 16.6. The maximum atomic E-state index is 13.3. The topological polar surface area (TPSA) is 71.1 Å². The predicted octanol–water partition coefficient (Wildman–Crippen LogP) is 3.43. The zero-order valence-electron chi connectivity index (χ0n) is 15.8. The second kappa shape index (κ2) is 7.45. The molecule has 0 spiro atoms. The average molecular weight is 380 g/mol. The van der Waals surface area contributed by atoms with Gasteiger partial charge in [0, 0.05) is 0 Å². The molecule has 0 saturated carbocycles. The van der Waals surface area contributed by atoms with Gasteiger partial charge in [0.2, 0.25) is 5.75 Å². The highest BCUT2D eigenvalue weighted by Gasteiger charge is 2.38. The lowest BCUT2D eigenvalue weighted by molar-refractivity contribution is 0.323. The van der Waals surface area contributed by atoms with Crippen molar-refractivity contribution < 1.29 is 27.4 Å². The highest BCUT2D eigenvalue weighted by Crippen LogP contribution is 2.44. The molecule has 2 aromatic carbocycles. The smallest absolute Gasteiger partial charge is 0.203 e. The molecule has 0 aliphatic rings. The van der Waals surface area contributed by atoms with E-state index in [0.29, 0.717) is 28.6 Å². The molecule has 0 saturated heterocycles. The van der Waals surface area contributed by atoms with Gasteiger partial charge in [-0.25, -0.2) is 8.42 Å². The summed E-state index contributed by atoms with van der Waals surface area (Å²) in [7, 11) is 2.32. The van der Waals surface area contributed by atoms with Crippen LogP contribution < -0.4 is 18.9 Å². The first-order valence-corrected chi connectivity index (χ1v) is 9.40. The quantitative estimate of drug-likeness (QED) is 0.733. The van der Waals surface area contributed by atoms with Gasteiger partial charge < -0.3 is 18.9 Å². The van der Waals surface area contributed by atoms with Crippen molar-refractivity contribution in [3.8, 4) is 23.0 Å². The third-order valence-corrected chi connectivity index (χ3v) is 6.87. The molecule has 0 fully saturated rings. The number of hydrogen-bond acceptors (Lipinski definition) is 6. The molecule has 0 N–H and O–H groups in total. The summed E-state index contributed by atoms with van der Waals surface area (Å²) in [4.78, 5) is 0.206. The van der Waals surface area contributed by atoms with Gasteiger partial charge in [-0.05, 0) is 55.8 Å². The highest BCUT2D eigenvalue weighted by atomic mass is 32.2. The normalized spacial score (nSPS) is 11.8. The Kier molecular flexibility index (Phi) is 5.71. The van der Waals surface area contributed by atoms with E-state index >= 15 is 0 Å². The van der Waals surface area contributed by atoms with Gasteiger partial charge in [0.05, 0.1) is 38.1 Å². The molecule has 0 aliphatic carbocycles. The third-order valence-electron chi connectivity index (χ3n) is 4.40. The molecule has 6 nitrogen and oxygen atoms in total. The van der Waals surface area contributed by atoms with Gasteiger partial charge in [0.15, 0.2) is 21.3 Å². The van der Waals surface area contributed by atoms with Crippen molar-refractivity contribution >= 4 is 9.84 Å². The van der Waals surface area contributed by atoms with Crippen LogP contribution in [0.25, 0.3) is 0 Å². The summed E-state index contributed by atoms with van der Waals surface area (Å²) in [5, 5.41) is 0. The van der Waals surface area contributed by atoms with Gasteiger partial charge in [-0.15, -0.1) is 0 Å². The van der Waals surface area contributed by atoms with Crippen LogP contribution in [0.5, 0.6) is 23.0 Å². The van der Waals surface area contributed by atoms with E-state index in [1.807, 2.05) is 0 Å². The molecule has 0 unspecified atom stereocenters. The van der Waals surface area contributed by atoms with Crippen molar-refractivity contribution in [1.29, 1.82) is 0 Å². The molecule has 0 radical (unpaired) electrons. The van der Waals surface area contributed by atoms with E-state index in [1.165, 1.54) is 40.6 Å². The lowest BCUT2D eigenvalue weighted by Gasteiger charge is -2.27. The fourth-order valence-corrected chi connectivity index (χ4v) is 4.15. The molecule has 0 amide bonds. The van der Waals surface area contributed by atoms with Crippen LogP contribution in [0.4, 0.5) is 0 Å². The van der Waals surface area contributed by atoms with E-state index in [2.05, 4.69) is 0 Å². The standard InChI is InChI=1S/C19H24O6S/c1-19(2,26(20,21)15-9-7-14(22-3)8-10-15)13-11-16(23-4)18(25-6)17(12-13)24-5/h7-12H,1-6H3. The summed E-state index contributed by atoms with van der Waals surface area (Å²) in [5.74, 6) is 1.81. The van der Waals surface area contributed by atoms with E-state index < -0.39 is 14.6 Å². The minimum absolute atomic E-state index is 0.206. The summed E-state index contributed by atoms with van der Waals surface area (Å²) in [6.07, 6.45) is 0. The molecule has 0 bridgehead atoms. The van der Waals surface area contributed by atoms with Crippen molar-refractivity contribution in [2.75, 3.05) is 28.4 Å². The van der Waals surface area contributed by atoms with Crippen LogP contribution in [-0.2, 0) is 14.6 Å². The molecule has 0 aliphatic heterocycles. The molecule has 26 heavy (non-hydrogen) atoms. The molecule has 142 valence electrons. The SMILES string of the molecule is COc1ccc(S(=O)(=O)C(C)(C)c2cc(OC)c(OC)c(OC)c2)cc1. The summed E-state index contributed by atoms with van der Waals surface area (Å²) in [6, 6.07) is 9.63. The van der Waals surface area contributed by atoms with Crippen LogP contribution in [0.15, 0.2) is 41.3 Å². The summed E-state index contributed by atoms with van der Waals surface area (Å²) >= 11 is 0. The van der Waals surface area contributed by atoms with Crippen molar-refractivity contribution in [1.82, 2.24) is 0 Å². The van der Waals surface area contributed by atoms with Crippen LogP contribution in [0, 0.1) is 0 Å². The van der Waals surface area contributed by atoms with Crippen molar-refractivity contribution in [2.45, 2.75) is 23.5 Å². The van der Waals surface area contributed by atoms with Crippen LogP contribution in [-0.4, -0.2) is 36.9 Å². The third kappa shape index (κ3) is 3.31. The van der Waals surface area contributed by atoms with Crippen molar-refractivity contribution in [2.24, 2.45) is 0 Å². The second-order valence-electron chi connectivity index (χ2n) is 6.10. The second-order valence-corrected chi connectivity index (χ2v) is 8.60. The van der Waals surface area contributed by atoms with Gasteiger partial charge in [0.1, 0.15) is 5.75 Å². The van der Waals surface area contributed by atoms with Gasteiger partial charge in [0.25, 0.3) is 0 Å². The first-order chi connectivity index (χ1) is 12.2. The fraction of sp³-hybridized carbons (Fsp3) is 0.368. The molecule has 7 heteroatoms. The van der Waals surface area contributed by atoms with E-state index in [9.17, 15) is 8.42 Å². The van der Waals surface area contributed by atoms with Gasteiger partial charge in [-0.1, -0.05) is 0 Å². The molecule has 0 aromatic heterocycles. The Morgan fingerprint density at radius 1 is 0.769 bits per heavy atom. The Morgan fingerprint density at radius 3 is 1.65 bits per heavy atom. The Morgan fingerprint density at radius 2 is 1.27 bits per heavy atom. The van der Waals surface area contributed by atoms with E-state index in [4.69, 9.17) is 18.9 Å². The number of sulfone groups is 1. The molecule has 0 atom stereocenters. The van der Waals surface area contributed by atoms with Gasteiger partial charge in [-0.2, -0.15) is 0 Å². The monoisotopic (exact) mass is 380 g/mol. The number of rotatable bonds is 7. The summed E-state index contributed by atoms with van der Waals surface area (Å²) in [6.45, 7) is 3.29. The van der Waals surface area contributed by atoms with Crippen LogP contribution in [0.1, 0.15) is 19.4 Å². The van der Waals surface area contributed by atoms with Crippen LogP contribution in [0.2, 0.25) is 0 Å². The Balaban J connectivity index is 2.60. The number of ether oxygens (including phenoxy) is 4. The fourth-order valence-electron chi connectivity index (χ4n) is 2.63. The predicted molar refractivity (Wildman–Crippen MR) is 99.3 cm³/mol. The van der Waals surface area contributed by atoms with Crippen LogP contribution in [0.3, 0.4) is 0 Å². The van der Waals surface area contributed by atoms with Gasteiger partial charge >= 0.3 is 0 Å². The average Bonchev–Trinajstić information content (AvgIpc) is 2.66. The maximum absolute atomic E-state index is 13.3. The highest BCUT2D eigenvalue weighted by molar-refractivity contribution is 7.92. The van der Waals surface area contributed by atoms with E-state index in [0.717, 1.165) is 0 Å². The summed E-state index contributed by atoms with van der Waals surface area (Å²) < 4.78 is 46.4. The number of hydrogen-bond donors (Lipinski definition) is 0. The molecular weight excluding hydrogens is 356 g/mol. The first-order valence-electron chi connectivity index (χ1n) is 7.92. The molecular formula is C19H24O6S. The minimum Gasteiger partial charge on any atom is -0.497 e. The number of methoxy groups -OCH3 is 4. The van der Waals surface area contributed by atoms with Crippen molar-refractivity contribution in [3.63, 3.8) is 0 Å².